The second kappa shape index (κ2) is 4.74. The van der Waals surface area contributed by atoms with E-state index in [1.165, 1.54) is 12.0 Å². The first-order chi connectivity index (χ1) is 8.06. The number of aliphatic hydroxyl groups excluding tert-OH is 1. The lowest BCUT2D eigenvalue weighted by atomic mass is 9.56. The van der Waals surface area contributed by atoms with Crippen molar-refractivity contribution in [2.24, 2.45) is 23.2 Å². The van der Waals surface area contributed by atoms with Crippen molar-refractivity contribution in [1.29, 1.82) is 0 Å². The van der Waals surface area contributed by atoms with Gasteiger partial charge in [-0.15, -0.1) is 0 Å². The van der Waals surface area contributed by atoms with Gasteiger partial charge in [0.25, 0.3) is 0 Å². The Balaban J connectivity index is 2.34. The monoisotopic (exact) mass is 238 g/mol. The van der Waals surface area contributed by atoms with E-state index in [4.69, 9.17) is 4.74 Å². The number of fused-ring (bicyclic) bond motifs is 2. The van der Waals surface area contributed by atoms with Crippen LogP contribution in [0.3, 0.4) is 0 Å². The third-order valence-electron chi connectivity index (χ3n) is 5.23. The van der Waals surface area contributed by atoms with Gasteiger partial charge in [0.2, 0.25) is 0 Å². The zero-order valence-electron chi connectivity index (χ0n) is 11.6. The largest absolute Gasteiger partial charge is 0.396 e. The first-order valence-corrected chi connectivity index (χ1v) is 6.97. The summed E-state index contributed by atoms with van der Waals surface area (Å²) in [5.41, 5.74) is 1.42. The van der Waals surface area contributed by atoms with Gasteiger partial charge in [-0.2, -0.15) is 0 Å². The van der Waals surface area contributed by atoms with Crippen molar-refractivity contribution in [3.8, 4) is 0 Å². The van der Waals surface area contributed by atoms with Crippen LogP contribution in [0.15, 0.2) is 11.6 Å². The lowest BCUT2D eigenvalue weighted by molar-refractivity contribution is -0.164. The van der Waals surface area contributed by atoms with Gasteiger partial charge in [-0.05, 0) is 25.2 Å². The molecule has 2 rings (SSSR count). The summed E-state index contributed by atoms with van der Waals surface area (Å²) < 4.78 is 6.09. The molecular formula is C15H26O2. The van der Waals surface area contributed by atoms with Crippen molar-refractivity contribution < 1.29 is 9.84 Å². The van der Waals surface area contributed by atoms with E-state index in [9.17, 15) is 5.11 Å². The zero-order valence-corrected chi connectivity index (χ0v) is 11.6. The summed E-state index contributed by atoms with van der Waals surface area (Å²) in [4.78, 5) is 0. The number of ether oxygens (including phenoxy) is 1. The molecule has 0 saturated carbocycles. The van der Waals surface area contributed by atoms with Crippen LogP contribution >= 0.6 is 0 Å². The molecule has 2 nitrogen and oxygen atoms in total. The van der Waals surface area contributed by atoms with Gasteiger partial charge in [-0.3, -0.25) is 0 Å². The Hall–Kier alpha value is -0.340. The summed E-state index contributed by atoms with van der Waals surface area (Å²) in [6.45, 7) is 9.93. The van der Waals surface area contributed by atoms with E-state index in [-0.39, 0.29) is 12.0 Å². The van der Waals surface area contributed by atoms with Crippen molar-refractivity contribution in [2.75, 3.05) is 13.2 Å². The number of rotatable bonds is 3. The van der Waals surface area contributed by atoms with Crippen LogP contribution in [-0.2, 0) is 4.74 Å². The highest BCUT2D eigenvalue weighted by atomic mass is 16.5. The van der Waals surface area contributed by atoms with Crippen molar-refractivity contribution in [3.63, 3.8) is 0 Å². The quantitative estimate of drug-likeness (QED) is 0.766. The van der Waals surface area contributed by atoms with E-state index < -0.39 is 0 Å². The van der Waals surface area contributed by atoms with E-state index >= 15 is 0 Å². The van der Waals surface area contributed by atoms with Crippen LogP contribution in [0.1, 0.15) is 40.5 Å². The molecule has 0 radical (unpaired) electrons. The topological polar surface area (TPSA) is 29.5 Å². The Bertz CT molecular complexity index is 310. The maximum Gasteiger partial charge on any atom is 0.0643 e. The number of allylic oxidation sites excluding steroid dienone is 1. The van der Waals surface area contributed by atoms with Crippen LogP contribution in [0.5, 0.6) is 0 Å². The normalized spacial score (nSPS) is 45.6. The first kappa shape index (κ1) is 13.1. The standard InChI is InChI=1S/C15H26O2/c1-5-6-13-14-10(2)7-11(3)15(8-16,9-17-13)12(14)4/h7,11-14,16H,5-6,8-9H2,1-4H3/t11-,12-,13+,14+,15-/m1/s1. The molecule has 2 heteroatoms. The lowest BCUT2D eigenvalue weighted by Crippen LogP contribution is -2.56. The van der Waals surface area contributed by atoms with Gasteiger partial charge >= 0.3 is 0 Å². The SMILES string of the molecule is CCC[C@@H]1OC[C@]2(CO)[C@H](C)C=C(C)[C@H]1[C@H]2C. The molecule has 1 heterocycles. The fourth-order valence-corrected chi connectivity index (χ4v) is 3.96. The van der Waals surface area contributed by atoms with Crippen LogP contribution in [0.25, 0.3) is 0 Å². The van der Waals surface area contributed by atoms with Gasteiger partial charge in [0.1, 0.15) is 0 Å². The second-order valence-corrected chi connectivity index (χ2v) is 6.04. The molecule has 0 aromatic rings. The average molecular weight is 238 g/mol. The highest BCUT2D eigenvalue weighted by molar-refractivity contribution is 5.20. The van der Waals surface area contributed by atoms with Crippen LogP contribution in [0.2, 0.25) is 0 Å². The zero-order chi connectivity index (χ0) is 12.6. The molecular weight excluding hydrogens is 212 g/mol. The third-order valence-corrected chi connectivity index (χ3v) is 5.23. The van der Waals surface area contributed by atoms with Crippen molar-refractivity contribution in [2.45, 2.75) is 46.6 Å². The van der Waals surface area contributed by atoms with Crippen molar-refractivity contribution in [3.05, 3.63) is 11.6 Å². The maximum atomic E-state index is 9.83. The van der Waals surface area contributed by atoms with Gasteiger partial charge in [-0.1, -0.05) is 38.8 Å². The second-order valence-electron chi connectivity index (χ2n) is 6.04. The summed E-state index contributed by atoms with van der Waals surface area (Å²) >= 11 is 0. The molecule has 2 aliphatic rings. The van der Waals surface area contributed by atoms with Crippen LogP contribution in [0.4, 0.5) is 0 Å². The summed E-state index contributed by atoms with van der Waals surface area (Å²) in [5, 5.41) is 9.83. The Morgan fingerprint density at radius 1 is 1.47 bits per heavy atom. The number of aliphatic hydroxyl groups is 1. The number of hydrogen-bond acceptors (Lipinski definition) is 2. The minimum atomic E-state index is -0.0472. The van der Waals surface area contributed by atoms with Crippen molar-refractivity contribution >= 4 is 0 Å². The summed E-state index contributed by atoms with van der Waals surface area (Å²) in [5.74, 6) is 1.45. The summed E-state index contributed by atoms with van der Waals surface area (Å²) in [6.07, 6.45) is 5.03. The molecule has 0 aromatic heterocycles. The molecule has 0 unspecified atom stereocenters. The third kappa shape index (κ3) is 1.86. The molecule has 0 amide bonds. The fourth-order valence-electron chi connectivity index (χ4n) is 3.96. The molecule has 1 fully saturated rings. The first-order valence-electron chi connectivity index (χ1n) is 6.97. The van der Waals surface area contributed by atoms with Gasteiger partial charge in [0.15, 0.2) is 0 Å². The maximum absolute atomic E-state index is 9.83. The average Bonchev–Trinajstić information content (AvgIpc) is 2.28. The molecule has 1 aliphatic carbocycles. The van der Waals surface area contributed by atoms with Gasteiger partial charge < -0.3 is 9.84 Å². The van der Waals surface area contributed by atoms with E-state index in [1.54, 1.807) is 0 Å². The van der Waals surface area contributed by atoms with E-state index in [2.05, 4.69) is 33.8 Å². The minimum absolute atomic E-state index is 0.0472. The van der Waals surface area contributed by atoms with Crippen molar-refractivity contribution in [1.82, 2.24) is 0 Å². The fraction of sp³-hybridized carbons (Fsp3) is 0.867. The Morgan fingerprint density at radius 3 is 2.76 bits per heavy atom. The minimum Gasteiger partial charge on any atom is -0.396 e. The van der Waals surface area contributed by atoms with Gasteiger partial charge in [0, 0.05) is 11.3 Å². The lowest BCUT2D eigenvalue weighted by Gasteiger charge is -2.55. The molecule has 1 N–H and O–H groups in total. The number of hydrogen-bond donors (Lipinski definition) is 1. The molecule has 0 aromatic carbocycles. The van der Waals surface area contributed by atoms with Crippen LogP contribution < -0.4 is 0 Å². The highest BCUT2D eigenvalue weighted by Crippen LogP contribution is 2.52. The Morgan fingerprint density at radius 2 is 2.18 bits per heavy atom. The highest BCUT2D eigenvalue weighted by Gasteiger charge is 2.52. The van der Waals surface area contributed by atoms with E-state index in [0.717, 1.165) is 13.0 Å². The Kier molecular flexibility index (Phi) is 3.65. The summed E-state index contributed by atoms with van der Waals surface area (Å²) in [7, 11) is 0. The molecule has 17 heavy (non-hydrogen) atoms. The van der Waals surface area contributed by atoms with E-state index in [1.807, 2.05) is 0 Å². The molecule has 2 bridgehead atoms. The molecule has 5 atom stereocenters. The molecule has 0 spiro atoms. The summed E-state index contributed by atoms with van der Waals surface area (Å²) in [6, 6.07) is 0. The Labute approximate surface area is 105 Å². The van der Waals surface area contributed by atoms with Gasteiger partial charge in [0.05, 0.1) is 19.3 Å². The molecule has 1 saturated heterocycles. The van der Waals surface area contributed by atoms with Crippen LogP contribution in [0, 0.1) is 23.2 Å². The predicted octanol–water partition coefficient (Wildman–Crippen LogP) is 3.01. The smallest absolute Gasteiger partial charge is 0.0643 e. The van der Waals surface area contributed by atoms with Gasteiger partial charge in [-0.25, -0.2) is 0 Å². The predicted molar refractivity (Wildman–Crippen MR) is 69.7 cm³/mol. The molecule has 1 aliphatic heterocycles. The van der Waals surface area contributed by atoms with Crippen LogP contribution in [-0.4, -0.2) is 24.4 Å². The molecule has 98 valence electrons. The van der Waals surface area contributed by atoms with E-state index in [0.29, 0.717) is 23.9 Å².